The molecule has 0 amide bonds. The minimum absolute atomic E-state index is 0.0975. The van der Waals surface area contributed by atoms with Gasteiger partial charge in [0.05, 0.1) is 15.7 Å². The van der Waals surface area contributed by atoms with Crippen LogP contribution in [-0.2, 0) is 17.9 Å². The first-order valence-electron chi connectivity index (χ1n) is 7.92. The van der Waals surface area contributed by atoms with Crippen LogP contribution < -0.4 is 0 Å². The van der Waals surface area contributed by atoms with Crippen molar-refractivity contribution in [3.05, 3.63) is 51.8 Å². The normalized spacial score (nSPS) is 18.7. The van der Waals surface area contributed by atoms with Crippen LogP contribution >= 0.6 is 23.2 Å². The lowest BCUT2D eigenvalue weighted by atomic mass is 9.94. The fourth-order valence-corrected chi connectivity index (χ4v) is 3.48. The summed E-state index contributed by atoms with van der Waals surface area (Å²) in [6, 6.07) is 7.67. The molecule has 1 atom stereocenters. The van der Waals surface area contributed by atoms with Crippen molar-refractivity contribution in [3.8, 4) is 0 Å². The first kappa shape index (κ1) is 17.3. The van der Waals surface area contributed by atoms with E-state index in [1.165, 1.54) is 4.68 Å². The second kappa shape index (κ2) is 7.55. The number of aliphatic carboxylic acids is 1. The molecule has 2 aromatic rings. The Morgan fingerprint density at radius 1 is 1.29 bits per heavy atom. The van der Waals surface area contributed by atoms with Crippen molar-refractivity contribution in [1.82, 2.24) is 14.7 Å². The van der Waals surface area contributed by atoms with Crippen LogP contribution in [0.2, 0.25) is 10.0 Å². The van der Waals surface area contributed by atoms with Crippen LogP contribution in [0.15, 0.2) is 30.5 Å². The van der Waals surface area contributed by atoms with Gasteiger partial charge in [-0.1, -0.05) is 29.3 Å². The Morgan fingerprint density at radius 3 is 2.88 bits per heavy atom. The van der Waals surface area contributed by atoms with Gasteiger partial charge in [0.1, 0.15) is 6.54 Å². The Hall–Kier alpha value is -1.56. The maximum absolute atomic E-state index is 10.8. The van der Waals surface area contributed by atoms with Crippen molar-refractivity contribution in [2.45, 2.75) is 31.8 Å². The van der Waals surface area contributed by atoms with Gasteiger partial charge in [0, 0.05) is 25.2 Å². The van der Waals surface area contributed by atoms with Crippen LogP contribution in [0, 0.1) is 0 Å². The predicted octanol–water partition coefficient (Wildman–Crippen LogP) is 3.65. The minimum Gasteiger partial charge on any atom is -0.480 e. The number of carbonyl (C=O) groups is 1. The van der Waals surface area contributed by atoms with Crippen LogP contribution in [0.4, 0.5) is 0 Å². The van der Waals surface area contributed by atoms with Crippen LogP contribution in [0.3, 0.4) is 0 Å². The molecule has 1 aliphatic rings. The van der Waals surface area contributed by atoms with E-state index in [1.54, 1.807) is 6.20 Å². The zero-order valence-electron chi connectivity index (χ0n) is 13.2. The summed E-state index contributed by atoms with van der Waals surface area (Å²) in [4.78, 5) is 13.2. The molecule has 1 unspecified atom stereocenters. The summed E-state index contributed by atoms with van der Waals surface area (Å²) in [5.74, 6) is -0.550. The Morgan fingerprint density at radius 2 is 2.12 bits per heavy atom. The Kier molecular flexibility index (Phi) is 5.43. The fourth-order valence-electron chi connectivity index (χ4n) is 3.16. The summed E-state index contributed by atoms with van der Waals surface area (Å²) >= 11 is 12.1. The molecule has 0 radical (unpaired) electrons. The topological polar surface area (TPSA) is 58.4 Å². The highest BCUT2D eigenvalue weighted by Gasteiger charge is 2.23. The summed E-state index contributed by atoms with van der Waals surface area (Å²) in [6.07, 6.45) is 3.90. The quantitative estimate of drug-likeness (QED) is 0.875. The second-order valence-electron chi connectivity index (χ2n) is 6.15. The number of benzene rings is 1. The first-order chi connectivity index (χ1) is 11.5. The van der Waals surface area contributed by atoms with E-state index in [1.807, 2.05) is 24.3 Å². The lowest BCUT2D eigenvalue weighted by Crippen LogP contribution is -2.34. The highest BCUT2D eigenvalue weighted by Crippen LogP contribution is 2.28. The van der Waals surface area contributed by atoms with E-state index in [-0.39, 0.29) is 6.54 Å². The largest absolute Gasteiger partial charge is 0.480 e. The van der Waals surface area contributed by atoms with Crippen LogP contribution in [0.5, 0.6) is 0 Å². The fraction of sp³-hybridized carbons (Fsp3) is 0.412. The van der Waals surface area contributed by atoms with Crippen molar-refractivity contribution in [3.63, 3.8) is 0 Å². The Bertz CT molecular complexity index is 732. The van der Waals surface area contributed by atoms with Crippen LogP contribution in [0.25, 0.3) is 0 Å². The SMILES string of the molecule is O=C(O)Cn1ccc(C2CCCN(Cc3ccc(Cl)c(Cl)c3)C2)n1. The molecule has 0 saturated carbocycles. The van der Waals surface area contributed by atoms with Gasteiger partial charge >= 0.3 is 5.97 Å². The van der Waals surface area contributed by atoms with Gasteiger partial charge in [-0.2, -0.15) is 5.10 Å². The average molecular weight is 368 g/mol. The molecule has 24 heavy (non-hydrogen) atoms. The van der Waals surface area contributed by atoms with E-state index < -0.39 is 5.97 Å². The van der Waals surface area contributed by atoms with E-state index in [4.69, 9.17) is 28.3 Å². The highest BCUT2D eigenvalue weighted by atomic mass is 35.5. The predicted molar refractivity (Wildman–Crippen MR) is 93.6 cm³/mol. The number of carboxylic acids is 1. The third-order valence-electron chi connectivity index (χ3n) is 4.27. The molecule has 1 N–H and O–H groups in total. The molecule has 2 heterocycles. The number of nitrogens with zero attached hydrogens (tertiary/aromatic N) is 3. The Balaban J connectivity index is 1.64. The molecule has 0 aliphatic carbocycles. The average Bonchev–Trinajstić information content (AvgIpc) is 2.99. The lowest BCUT2D eigenvalue weighted by Gasteiger charge is -2.32. The molecule has 1 saturated heterocycles. The highest BCUT2D eigenvalue weighted by molar-refractivity contribution is 6.42. The van der Waals surface area contributed by atoms with Crippen molar-refractivity contribution in [2.75, 3.05) is 13.1 Å². The van der Waals surface area contributed by atoms with Gasteiger partial charge < -0.3 is 5.11 Å². The molecule has 1 aliphatic heterocycles. The number of piperidine rings is 1. The maximum atomic E-state index is 10.8. The van der Waals surface area contributed by atoms with E-state index in [2.05, 4.69) is 10.00 Å². The number of likely N-dealkylation sites (tertiary alicyclic amines) is 1. The number of carboxylic acid groups (broad SMARTS) is 1. The zero-order valence-corrected chi connectivity index (χ0v) is 14.7. The molecule has 1 aromatic heterocycles. The van der Waals surface area contributed by atoms with E-state index in [0.717, 1.165) is 43.7 Å². The molecular formula is C17H19Cl2N3O2. The zero-order chi connectivity index (χ0) is 17.1. The third kappa shape index (κ3) is 4.29. The van der Waals surface area contributed by atoms with Crippen LogP contribution in [0.1, 0.15) is 30.0 Å². The van der Waals surface area contributed by atoms with E-state index >= 15 is 0 Å². The minimum atomic E-state index is -0.880. The number of hydrogen-bond acceptors (Lipinski definition) is 3. The molecule has 0 spiro atoms. The number of halogens is 2. The van der Waals surface area contributed by atoms with E-state index in [9.17, 15) is 4.79 Å². The van der Waals surface area contributed by atoms with Crippen LogP contribution in [-0.4, -0.2) is 38.8 Å². The second-order valence-corrected chi connectivity index (χ2v) is 6.97. The van der Waals surface area contributed by atoms with Crippen molar-refractivity contribution in [1.29, 1.82) is 0 Å². The number of rotatable bonds is 5. The third-order valence-corrected chi connectivity index (χ3v) is 5.01. The van der Waals surface area contributed by atoms with Crippen molar-refractivity contribution < 1.29 is 9.90 Å². The van der Waals surface area contributed by atoms with Gasteiger partial charge in [0.15, 0.2) is 0 Å². The molecule has 3 rings (SSSR count). The monoisotopic (exact) mass is 367 g/mol. The molecule has 0 bridgehead atoms. The molecule has 7 heteroatoms. The van der Waals surface area contributed by atoms with Gasteiger partial charge in [-0.25, -0.2) is 0 Å². The van der Waals surface area contributed by atoms with Gasteiger partial charge in [0.25, 0.3) is 0 Å². The number of aromatic nitrogens is 2. The molecule has 128 valence electrons. The molecule has 5 nitrogen and oxygen atoms in total. The maximum Gasteiger partial charge on any atom is 0.325 e. The van der Waals surface area contributed by atoms with Gasteiger partial charge in [-0.05, 0) is 43.1 Å². The summed E-state index contributed by atoms with van der Waals surface area (Å²) in [6.45, 7) is 2.67. The summed E-state index contributed by atoms with van der Waals surface area (Å²) in [5, 5.41) is 14.4. The molecular weight excluding hydrogens is 349 g/mol. The van der Waals surface area contributed by atoms with Gasteiger partial charge in [-0.3, -0.25) is 14.4 Å². The van der Waals surface area contributed by atoms with Gasteiger partial charge in [-0.15, -0.1) is 0 Å². The van der Waals surface area contributed by atoms with Crippen molar-refractivity contribution >= 4 is 29.2 Å². The summed E-state index contributed by atoms with van der Waals surface area (Å²) in [5.41, 5.74) is 2.11. The lowest BCUT2D eigenvalue weighted by molar-refractivity contribution is -0.137. The standard InChI is InChI=1S/C17H19Cl2N3O2/c18-14-4-3-12(8-15(14)19)9-21-6-1-2-13(10-21)16-5-7-22(20-16)11-17(23)24/h3-5,7-8,13H,1-2,6,9-11H2,(H,23,24). The summed E-state index contributed by atoms with van der Waals surface area (Å²) < 4.78 is 1.48. The smallest absolute Gasteiger partial charge is 0.325 e. The van der Waals surface area contributed by atoms with E-state index in [0.29, 0.717) is 16.0 Å². The summed E-state index contributed by atoms with van der Waals surface area (Å²) in [7, 11) is 0. The Labute approximate surface area is 150 Å². The van der Waals surface area contributed by atoms with Crippen molar-refractivity contribution in [2.24, 2.45) is 0 Å². The molecule has 1 aromatic carbocycles. The number of hydrogen-bond donors (Lipinski definition) is 1. The van der Waals surface area contributed by atoms with Gasteiger partial charge in [0.2, 0.25) is 0 Å². The first-order valence-corrected chi connectivity index (χ1v) is 8.68. The molecule has 1 fully saturated rings.